The Bertz CT molecular complexity index is 571. The van der Waals surface area contributed by atoms with E-state index in [1.165, 1.54) is 16.7 Å². The number of rotatable bonds is 6. The number of hydrogen-bond acceptors (Lipinski definition) is 0. The predicted molar refractivity (Wildman–Crippen MR) is 103 cm³/mol. The third-order valence-electron chi connectivity index (χ3n) is 3.92. The van der Waals surface area contributed by atoms with Gasteiger partial charge >= 0.3 is 0 Å². The molecule has 3 heteroatoms. The van der Waals surface area contributed by atoms with Crippen LogP contribution in [-0.4, -0.2) is 10.7 Å². The minimum absolute atomic E-state index is 0.0670. The Kier molecular flexibility index (Phi) is 6.51. The Labute approximate surface area is 152 Å². The highest BCUT2D eigenvalue weighted by Gasteiger charge is 2.30. The molecule has 0 saturated heterocycles. The van der Waals surface area contributed by atoms with E-state index in [0.29, 0.717) is 0 Å². The minimum atomic E-state index is 0.0670. The van der Waals surface area contributed by atoms with E-state index < -0.39 is 0 Å². The summed E-state index contributed by atoms with van der Waals surface area (Å²) in [6.07, 6.45) is 2.11. The summed E-state index contributed by atoms with van der Waals surface area (Å²) in [5.41, 5.74) is 4.19. The number of benzene rings is 2. The van der Waals surface area contributed by atoms with E-state index in [9.17, 15) is 0 Å². The Hall–Kier alpha value is -0.120. The summed E-state index contributed by atoms with van der Waals surface area (Å²) in [5, 5.41) is 1.86. The normalized spacial score (nSPS) is 11.6. The number of hydrogen-bond donors (Lipinski definition) is 0. The van der Waals surface area contributed by atoms with Gasteiger partial charge in [0.2, 0.25) is 0 Å². The van der Waals surface area contributed by atoms with Crippen molar-refractivity contribution in [3.05, 3.63) is 69.7 Å². The molecule has 0 amide bonds. The summed E-state index contributed by atoms with van der Waals surface area (Å²) in [6, 6.07) is 17.6. The van der Waals surface area contributed by atoms with E-state index in [4.69, 9.17) is 0 Å². The summed E-state index contributed by atoms with van der Waals surface area (Å²) in [7, 11) is 0. The van der Waals surface area contributed by atoms with Gasteiger partial charge in [0, 0.05) is 20.5 Å². The van der Waals surface area contributed by atoms with Crippen LogP contribution in [0.25, 0.3) is 0 Å². The van der Waals surface area contributed by atoms with Crippen molar-refractivity contribution in [2.75, 3.05) is 10.7 Å². The maximum atomic E-state index is 3.73. The standard InChI is InChI=1S/C18H19Br3/c1-2-14-6-8-15(9-7-14)11-18(12-19,13-20)16-4-3-5-17(21)10-16/h3-10H,2,11-13H2,1H3. The molecule has 2 aromatic carbocycles. The SMILES string of the molecule is CCc1ccc(CC(CBr)(CBr)c2cccc(Br)c2)cc1. The van der Waals surface area contributed by atoms with Gasteiger partial charge in [-0.1, -0.05) is 91.1 Å². The largest absolute Gasteiger partial charge is 0.0918 e. The van der Waals surface area contributed by atoms with Gasteiger partial charge in [-0.25, -0.2) is 0 Å². The molecule has 2 rings (SSSR count). The molecule has 112 valence electrons. The molecule has 0 fully saturated rings. The molecule has 0 unspecified atom stereocenters. The maximum Gasteiger partial charge on any atom is 0.0187 e. The molecule has 0 spiro atoms. The van der Waals surface area contributed by atoms with E-state index in [0.717, 1.165) is 28.0 Å². The topological polar surface area (TPSA) is 0 Å². The van der Waals surface area contributed by atoms with Crippen LogP contribution in [0.5, 0.6) is 0 Å². The fraction of sp³-hybridized carbons (Fsp3) is 0.333. The molecule has 0 aliphatic heterocycles. The second-order valence-corrected chi connectivity index (χ2v) is 7.44. The molecule has 2 aromatic rings. The molecule has 0 bridgehead atoms. The lowest BCUT2D eigenvalue weighted by Crippen LogP contribution is -2.33. The van der Waals surface area contributed by atoms with Crippen LogP contribution in [0.2, 0.25) is 0 Å². The zero-order valence-electron chi connectivity index (χ0n) is 12.1. The first-order valence-corrected chi connectivity index (χ1v) is 10.1. The average molecular weight is 475 g/mol. The lowest BCUT2D eigenvalue weighted by molar-refractivity contribution is 0.551. The number of halogens is 3. The summed E-state index contributed by atoms with van der Waals surface area (Å²) in [5.74, 6) is 0. The van der Waals surface area contributed by atoms with Crippen molar-refractivity contribution >= 4 is 47.8 Å². The molecule has 0 nitrogen and oxygen atoms in total. The minimum Gasteiger partial charge on any atom is -0.0918 e. The van der Waals surface area contributed by atoms with Crippen molar-refractivity contribution in [1.82, 2.24) is 0 Å². The Morgan fingerprint density at radius 2 is 1.52 bits per heavy atom. The first-order valence-electron chi connectivity index (χ1n) is 7.09. The number of alkyl halides is 2. The summed E-state index contributed by atoms with van der Waals surface area (Å²) in [4.78, 5) is 0. The van der Waals surface area contributed by atoms with E-state index in [1.807, 2.05) is 0 Å². The molecule has 0 saturated carbocycles. The second-order valence-electron chi connectivity index (χ2n) is 5.40. The van der Waals surface area contributed by atoms with Gasteiger partial charge in [0.25, 0.3) is 0 Å². The molecule has 0 aromatic heterocycles. The fourth-order valence-electron chi connectivity index (χ4n) is 2.49. The van der Waals surface area contributed by atoms with Gasteiger partial charge in [-0.2, -0.15) is 0 Å². The molecule has 0 radical (unpaired) electrons. The molecule has 0 atom stereocenters. The van der Waals surface area contributed by atoms with Crippen molar-refractivity contribution in [1.29, 1.82) is 0 Å². The van der Waals surface area contributed by atoms with Crippen molar-refractivity contribution < 1.29 is 0 Å². The molecule has 21 heavy (non-hydrogen) atoms. The van der Waals surface area contributed by atoms with Gasteiger partial charge in [-0.15, -0.1) is 0 Å². The third kappa shape index (κ3) is 4.20. The van der Waals surface area contributed by atoms with Gasteiger partial charge in [0.05, 0.1) is 0 Å². The molecule has 0 heterocycles. The summed E-state index contributed by atoms with van der Waals surface area (Å²) < 4.78 is 1.13. The lowest BCUT2D eigenvalue weighted by Gasteiger charge is -2.31. The van der Waals surface area contributed by atoms with Gasteiger partial charge in [-0.05, 0) is 41.7 Å². The smallest absolute Gasteiger partial charge is 0.0187 e. The molecule has 0 aliphatic rings. The Balaban J connectivity index is 2.33. The van der Waals surface area contributed by atoms with Gasteiger partial charge in [-0.3, -0.25) is 0 Å². The highest BCUT2D eigenvalue weighted by atomic mass is 79.9. The summed E-state index contributed by atoms with van der Waals surface area (Å²) in [6.45, 7) is 2.19. The van der Waals surface area contributed by atoms with Crippen molar-refractivity contribution in [2.45, 2.75) is 25.2 Å². The summed E-state index contributed by atoms with van der Waals surface area (Å²) >= 11 is 11.1. The Morgan fingerprint density at radius 3 is 2.05 bits per heavy atom. The van der Waals surface area contributed by atoms with Crippen LogP contribution in [0.3, 0.4) is 0 Å². The van der Waals surface area contributed by atoms with E-state index in [1.54, 1.807) is 0 Å². The Morgan fingerprint density at radius 1 is 0.905 bits per heavy atom. The molecular formula is C18H19Br3. The van der Waals surface area contributed by atoms with Gasteiger partial charge in [0.15, 0.2) is 0 Å². The van der Waals surface area contributed by atoms with Crippen LogP contribution in [0, 0.1) is 0 Å². The zero-order chi connectivity index (χ0) is 15.3. The van der Waals surface area contributed by atoms with Crippen molar-refractivity contribution in [2.24, 2.45) is 0 Å². The molecular weight excluding hydrogens is 456 g/mol. The third-order valence-corrected chi connectivity index (χ3v) is 6.56. The van der Waals surface area contributed by atoms with Crippen LogP contribution in [0.1, 0.15) is 23.6 Å². The van der Waals surface area contributed by atoms with E-state index in [2.05, 4.69) is 103 Å². The van der Waals surface area contributed by atoms with Crippen LogP contribution < -0.4 is 0 Å². The molecule has 0 aliphatic carbocycles. The van der Waals surface area contributed by atoms with E-state index >= 15 is 0 Å². The molecule has 0 N–H and O–H groups in total. The average Bonchev–Trinajstić information content (AvgIpc) is 2.53. The van der Waals surface area contributed by atoms with Gasteiger partial charge in [0.1, 0.15) is 0 Å². The fourth-order valence-corrected chi connectivity index (χ4v) is 4.86. The van der Waals surface area contributed by atoms with Gasteiger partial charge < -0.3 is 0 Å². The van der Waals surface area contributed by atoms with Crippen molar-refractivity contribution in [3.8, 4) is 0 Å². The maximum absolute atomic E-state index is 3.73. The first kappa shape index (κ1) is 17.2. The van der Waals surface area contributed by atoms with Crippen molar-refractivity contribution in [3.63, 3.8) is 0 Å². The zero-order valence-corrected chi connectivity index (χ0v) is 16.8. The first-order chi connectivity index (χ1) is 10.1. The predicted octanol–water partition coefficient (Wildman–Crippen LogP) is 6.28. The highest BCUT2D eigenvalue weighted by Crippen LogP contribution is 2.34. The highest BCUT2D eigenvalue weighted by molar-refractivity contribution is 9.10. The second kappa shape index (κ2) is 7.94. The monoisotopic (exact) mass is 472 g/mol. The number of aryl methyl sites for hydroxylation is 1. The van der Waals surface area contributed by atoms with Crippen LogP contribution in [-0.2, 0) is 18.3 Å². The quantitative estimate of drug-likeness (QED) is 0.432. The van der Waals surface area contributed by atoms with Crippen LogP contribution in [0.4, 0.5) is 0 Å². The van der Waals surface area contributed by atoms with Crippen LogP contribution >= 0.6 is 47.8 Å². The van der Waals surface area contributed by atoms with E-state index in [-0.39, 0.29) is 5.41 Å². The van der Waals surface area contributed by atoms with Crippen LogP contribution in [0.15, 0.2) is 53.0 Å². The lowest BCUT2D eigenvalue weighted by atomic mass is 9.79.